The maximum Gasteiger partial charge on any atom is 0.374 e. The van der Waals surface area contributed by atoms with E-state index in [0.29, 0.717) is 12.3 Å². The lowest BCUT2D eigenvalue weighted by molar-refractivity contribution is 0.0563. The Hall–Kier alpha value is -1.29. The van der Waals surface area contributed by atoms with Crippen molar-refractivity contribution in [2.24, 2.45) is 0 Å². The van der Waals surface area contributed by atoms with Crippen molar-refractivity contribution in [1.82, 2.24) is 5.32 Å². The highest BCUT2D eigenvalue weighted by Gasteiger charge is 2.36. The van der Waals surface area contributed by atoms with Crippen molar-refractivity contribution >= 4 is 5.97 Å². The fourth-order valence-electron chi connectivity index (χ4n) is 1.42. The molecule has 0 radical (unpaired) electrons. The third kappa shape index (κ3) is 2.21. The lowest BCUT2D eigenvalue weighted by atomic mass is 10.2. The van der Waals surface area contributed by atoms with Gasteiger partial charge in [0.15, 0.2) is 0 Å². The smallest absolute Gasteiger partial charge is 0.374 e. The fourth-order valence-corrected chi connectivity index (χ4v) is 1.42. The first-order valence-electron chi connectivity index (χ1n) is 5.04. The summed E-state index contributed by atoms with van der Waals surface area (Å²) in [6, 6.07) is 1.80. The van der Waals surface area contributed by atoms with Gasteiger partial charge in [0.05, 0.1) is 13.4 Å². The van der Waals surface area contributed by atoms with Gasteiger partial charge in [-0.25, -0.2) is 4.79 Å². The first-order chi connectivity index (χ1) is 7.14. The molecule has 4 heteroatoms. The number of furan rings is 1. The summed E-state index contributed by atoms with van der Waals surface area (Å²) in [6.45, 7) is 2.82. The number of carbonyl (C=O) groups excluding carboxylic acids is 1. The molecular weight excluding hydrogens is 194 g/mol. The van der Waals surface area contributed by atoms with Gasteiger partial charge < -0.3 is 14.5 Å². The molecule has 1 saturated carbocycles. The molecule has 0 aliphatic heterocycles. The highest BCUT2D eigenvalue weighted by molar-refractivity contribution is 5.87. The summed E-state index contributed by atoms with van der Waals surface area (Å²) < 4.78 is 9.71. The summed E-state index contributed by atoms with van der Waals surface area (Å²) in [6.07, 6.45) is 3.90. The van der Waals surface area contributed by atoms with Gasteiger partial charge in [0.1, 0.15) is 0 Å². The Bertz CT molecular complexity index is 366. The van der Waals surface area contributed by atoms with E-state index in [1.807, 2.05) is 0 Å². The molecule has 0 bridgehead atoms. The standard InChI is InChI=1S/C11H15NO3/c1-11(4-5-11)12-7-8-3-6-15-9(8)10(13)14-2/h3,6,12H,4-5,7H2,1-2H3. The maximum absolute atomic E-state index is 11.3. The Morgan fingerprint density at radius 3 is 3.00 bits per heavy atom. The Balaban J connectivity index is 2.01. The van der Waals surface area contributed by atoms with Crippen molar-refractivity contribution in [3.63, 3.8) is 0 Å². The van der Waals surface area contributed by atoms with Crippen LogP contribution in [0, 0.1) is 0 Å². The average molecular weight is 209 g/mol. The Morgan fingerprint density at radius 1 is 1.67 bits per heavy atom. The van der Waals surface area contributed by atoms with Crippen LogP contribution < -0.4 is 5.32 Å². The number of rotatable bonds is 4. The van der Waals surface area contributed by atoms with Gasteiger partial charge in [0.25, 0.3) is 0 Å². The number of nitrogens with one attached hydrogen (secondary N) is 1. The molecular formula is C11H15NO3. The molecule has 0 spiro atoms. The number of carbonyl (C=O) groups is 1. The Labute approximate surface area is 88.6 Å². The molecule has 1 aromatic rings. The van der Waals surface area contributed by atoms with Gasteiger partial charge >= 0.3 is 5.97 Å². The fraction of sp³-hybridized carbons (Fsp3) is 0.545. The normalized spacial score (nSPS) is 17.5. The van der Waals surface area contributed by atoms with Gasteiger partial charge in [-0.05, 0) is 25.8 Å². The summed E-state index contributed by atoms with van der Waals surface area (Å²) in [7, 11) is 1.35. The third-order valence-corrected chi connectivity index (χ3v) is 2.82. The van der Waals surface area contributed by atoms with Crippen LogP contribution in [0.2, 0.25) is 0 Å². The van der Waals surface area contributed by atoms with Crippen LogP contribution in [-0.2, 0) is 11.3 Å². The second-order valence-electron chi connectivity index (χ2n) is 4.18. The minimum Gasteiger partial charge on any atom is -0.463 e. The van der Waals surface area contributed by atoms with Gasteiger partial charge in [-0.1, -0.05) is 0 Å². The molecule has 0 saturated heterocycles. The van der Waals surface area contributed by atoms with Crippen LogP contribution in [-0.4, -0.2) is 18.6 Å². The minimum absolute atomic E-state index is 0.255. The van der Waals surface area contributed by atoms with E-state index in [9.17, 15) is 4.79 Å². The van der Waals surface area contributed by atoms with E-state index >= 15 is 0 Å². The van der Waals surface area contributed by atoms with Crippen LogP contribution >= 0.6 is 0 Å². The van der Waals surface area contributed by atoms with E-state index in [-0.39, 0.29) is 5.54 Å². The summed E-state index contributed by atoms with van der Waals surface area (Å²) in [5.41, 5.74) is 1.11. The van der Waals surface area contributed by atoms with Crippen molar-refractivity contribution < 1.29 is 13.9 Å². The van der Waals surface area contributed by atoms with E-state index in [0.717, 1.165) is 5.56 Å². The molecule has 2 rings (SSSR count). The molecule has 4 nitrogen and oxygen atoms in total. The molecule has 1 aliphatic carbocycles. The highest BCUT2D eigenvalue weighted by atomic mass is 16.5. The number of methoxy groups -OCH3 is 1. The number of hydrogen-bond acceptors (Lipinski definition) is 4. The Kier molecular flexibility index (Phi) is 2.52. The monoisotopic (exact) mass is 209 g/mol. The number of esters is 1. The van der Waals surface area contributed by atoms with Crippen LogP contribution in [0.3, 0.4) is 0 Å². The summed E-state index contributed by atoms with van der Waals surface area (Å²) in [4.78, 5) is 11.3. The minimum atomic E-state index is -0.419. The van der Waals surface area contributed by atoms with Crippen molar-refractivity contribution in [2.45, 2.75) is 31.8 Å². The van der Waals surface area contributed by atoms with Gasteiger partial charge in [-0.3, -0.25) is 0 Å². The highest BCUT2D eigenvalue weighted by Crippen LogP contribution is 2.34. The zero-order chi connectivity index (χ0) is 10.9. The van der Waals surface area contributed by atoms with E-state index in [1.54, 1.807) is 6.07 Å². The van der Waals surface area contributed by atoms with Crippen molar-refractivity contribution in [2.75, 3.05) is 7.11 Å². The molecule has 0 unspecified atom stereocenters. The van der Waals surface area contributed by atoms with Crippen LogP contribution in [0.4, 0.5) is 0 Å². The molecule has 1 aliphatic rings. The number of ether oxygens (including phenoxy) is 1. The van der Waals surface area contributed by atoms with E-state index in [1.165, 1.54) is 26.2 Å². The van der Waals surface area contributed by atoms with Crippen LogP contribution in [0.1, 0.15) is 35.9 Å². The molecule has 1 fully saturated rings. The van der Waals surface area contributed by atoms with E-state index < -0.39 is 5.97 Å². The van der Waals surface area contributed by atoms with Crippen molar-refractivity contribution in [3.8, 4) is 0 Å². The maximum atomic E-state index is 11.3. The quantitative estimate of drug-likeness (QED) is 0.767. The summed E-state index contributed by atoms with van der Waals surface area (Å²) in [5.74, 6) is -0.119. The molecule has 15 heavy (non-hydrogen) atoms. The molecule has 1 heterocycles. The Morgan fingerprint density at radius 2 is 2.40 bits per heavy atom. The molecule has 1 aromatic heterocycles. The summed E-state index contributed by atoms with van der Waals surface area (Å²) >= 11 is 0. The topological polar surface area (TPSA) is 51.5 Å². The lowest BCUT2D eigenvalue weighted by Crippen LogP contribution is -2.27. The van der Waals surface area contributed by atoms with E-state index in [4.69, 9.17) is 4.42 Å². The number of hydrogen-bond donors (Lipinski definition) is 1. The zero-order valence-corrected chi connectivity index (χ0v) is 9.00. The molecule has 0 aromatic carbocycles. The second-order valence-corrected chi connectivity index (χ2v) is 4.18. The predicted octanol–water partition coefficient (Wildman–Crippen LogP) is 1.71. The van der Waals surface area contributed by atoms with Gasteiger partial charge in [-0.15, -0.1) is 0 Å². The second kappa shape index (κ2) is 3.70. The van der Waals surface area contributed by atoms with Crippen molar-refractivity contribution in [1.29, 1.82) is 0 Å². The SMILES string of the molecule is COC(=O)c1occc1CNC1(C)CC1. The third-order valence-electron chi connectivity index (χ3n) is 2.82. The predicted molar refractivity (Wildman–Crippen MR) is 54.5 cm³/mol. The van der Waals surface area contributed by atoms with E-state index in [2.05, 4.69) is 17.0 Å². The van der Waals surface area contributed by atoms with Gasteiger partial charge in [-0.2, -0.15) is 0 Å². The van der Waals surface area contributed by atoms with Gasteiger partial charge in [0.2, 0.25) is 5.76 Å². The molecule has 0 amide bonds. The first kappa shape index (κ1) is 10.2. The largest absolute Gasteiger partial charge is 0.463 e. The van der Waals surface area contributed by atoms with Crippen LogP contribution in [0.5, 0.6) is 0 Å². The molecule has 82 valence electrons. The van der Waals surface area contributed by atoms with Crippen LogP contribution in [0.25, 0.3) is 0 Å². The first-order valence-corrected chi connectivity index (χ1v) is 5.04. The molecule has 0 atom stereocenters. The summed E-state index contributed by atoms with van der Waals surface area (Å²) in [5, 5.41) is 3.39. The molecule has 1 N–H and O–H groups in total. The lowest BCUT2D eigenvalue weighted by Gasteiger charge is -2.10. The van der Waals surface area contributed by atoms with Crippen LogP contribution in [0.15, 0.2) is 16.7 Å². The van der Waals surface area contributed by atoms with Gasteiger partial charge in [0, 0.05) is 17.6 Å². The van der Waals surface area contributed by atoms with Crippen molar-refractivity contribution in [3.05, 3.63) is 23.7 Å². The average Bonchev–Trinajstić information content (AvgIpc) is 2.81. The zero-order valence-electron chi connectivity index (χ0n) is 9.00.